The number of rotatable bonds is 0. The van der Waals surface area contributed by atoms with E-state index in [4.69, 9.17) is 0 Å². The van der Waals surface area contributed by atoms with Crippen molar-refractivity contribution in [2.75, 3.05) is 0 Å². The molecular weight excluding hydrogens is 155 g/mol. The van der Waals surface area contributed by atoms with E-state index in [1.165, 1.54) is 17.9 Å². The summed E-state index contributed by atoms with van der Waals surface area (Å²) < 4.78 is 4.39. The van der Waals surface area contributed by atoms with Crippen molar-refractivity contribution in [1.29, 1.82) is 0 Å². The molecule has 0 saturated heterocycles. The molecule has 0 aliphatic rings. The van der Waals surface area contributed by atoms with E-state index in [1.807, 2.05) is 0 Å². The summed E-state index contributed by atoms with van der Waals surface area (Å²) in [7, 11) is 0. The first-order chi connectivity index (χ1) is 2.89. The van der Waals surface area contributed by atoms with Gasteiger partial charge in [0.15, 0.2) is 4.34 Å². The van der Waals surface area contributed by atoms with Crippen LogP contribution in [0.25, 0.3) is 0 Å². The van der Waals surface area contributed by atoms with Crippen molar-refractivity contribution in [1.82, 2.24) is 9.36 Å². The third-order valence-corrected chi connectivity index (χ3v) is 1.18. The van der Waals surface area contributed by atoms with Crippen LogP contribution >= 0.6 is 24.2 Å². The molecule has 0 spiro atoms. The zero-order valence-electron chi connectivity index (χ0n) is 2.83. The normalized spacial score (nSPS) is 7.57. The van der Waals surface area contributed by atoms with E-state index in [1.54, 1.807) is 0 Å². The van der Waals surface area contributed by atoms with E-state index in [9.17, 15) is 0 Å². The zero-order valence-corrected chi connectivity index (χ0v) is 4.54. The second kappa shape index (κ2) is 4.43. The van der Waals surface area contributed by atoms with Crippen molar-refractivity contribution in [3.05, 3.63) is 6.33 Å². The number of thiol groups is 1. The summed E-state index contributed by atoms with van der Waals surface area (Å²) in [6, 6.07) is 0. The van der Waals surface area contributed by atoms with E-state index in [0.29, 0.717) is 0 Å². The van der Waals surface area contributed by atoms with Crippen LogP contribution in [0, 0.1) is 0 Å². The predicted molar refractivity (Wildman–Crippen MR) is 34.3 cm³/mol. The Bertz CT molecular complexity index is 117. The molecule has 0 bridgehead atoms. The Labute approximate surface area is 93.7 Å². The number of hydrogen-bond acceptors (Lipinski definition) is 4. The van der Waals surface area contributed by atoms with Crippen molar-refractivity contribution >= 4 is 75.5 Å². The second-order valence-corrected chi connectivity index (χ2v) is 2.23. The predicted octanol–water partition coefficient (Wildman–Crippen LogP) is 0.178. The van der Waals surface area contributed by atoms with Crippen molar-refractivity contribution in [3.8, 4) is 0 Å². The molecule has 2 nitrogen and oxygen atoms in total. The second-order valence-electron chi connectivity index (χ2n) is 0.724. The molecule has 5 heteroatoms. The van der Waals surface area contributed by atoms with Crippen LogP contribution in [0.1, 0.15) is 0 Å². The number of hydrogen-bond donors (Lipinski definition) is 1. The average Bonchev–Trinajstić information content (AvgIpc) is 1.86. The fourth-order valence-corrected chi connectivity index (χ4v) is 0.643. The van der Waals surface area contributed by atoms with Gasteiger partial charge in [-0.25, -0.2) is 4.98 Å². The third-order valence-electron chi connectivity index (χ3n) is 0.350. The van der Waals surface area contributed by atoms with Crippen molar-refractivity contribution in [2.45, 2.75) is 4.34 Å². The molecule has 0 atom stereocenters. The Balaban J connectivity index is 0.000000360. The maximum atomic E-state index is 3.88. The van der Waals surface area contributed by atoms with Crippen LogP contribution in [0.15, 0.2) is 10.7 Å². The molecule has 34 valence electrons. The van der Waals surface area contributed by atoms with Gasteiger partial charge in [0, 0.05) is 0 Å². The van der Waals surface area contributed by atoms with Gasteiger partial charge in [-0.3, -0.25) is 0 Å². The Morgan fingerprint density at radius 1 is 1.71 bits per heavy atom. The third kappa shape index (κ3) is 3.18. The van der Waals surface area contributed by atoms with Crippen LogP contribution in [0.5, 0.6) is 0 Å². The van der Waals surface area contributed by atoms with Crippen molar-refractivity contribution < 1.29 is 0 Å². The molecule has 1 aromatic heterocycles. The summed E-state index contributed by atoms with van der Waals surface area (Å²) in [5.41, 5.74) is 0. The molecular formula is C2H3KN2S2. The summed E-state index contributed by atoms with van der Waals surface area (Å²) >= 11 is 5.16. The maximum absolute atomic E-state index is 3.88. The summed E-state index contributed by atoms with van der Waals surface area (Å²) in [6.07, 6.45) is 1.48. The molecule has 0 aliphatic carbocycles. The molecule has 0 N–H and O–H groups in total. The number of nitrogens with zero attached hydrogens (tertiary/aromatic N) is 2. The fourth-order valence-electron chi connectivity index (χ4n) is 0.167. The van der Waals surface area contributed by atoms with Crippen LogP contribution in [-0.4, -0.2) is 60.7 Å². The summed E-state index contributed by atoms with van der Waals surface area (Å²) in [6.45, 7) is 0. The zero-order chi connectivity index (χ0) is 4.41. The van der Waals surface area contributed by atoms with E-state index in [-0.39, 0.29) is 51.4 Å². The first-order valence-electron chi connectivity index (χ1n) is 1.35. The molecule has 0 aromatic carbocycles. The number of aromatic nitrogens is 2. The molecule has 1 rings (SSSR count). The Hall–Kier alpha value is 1.55. The molecule has 1 heterocycles. The topological polar surface area (TPSA) is 25.8 Å². The van der Waals surface area contributed by atoms with E-state index in [0.717, 1.165) is 4.34 Å². The van der Waals surface area contributed by atoms with Gasteiger partial charge < -0.3 is 0 Å². The average molecular weight is 158 g/mol. The first kappa shape index (κ1) is 8.55. The molecule has 0 radical (unpaired) electrons. The quantitative estimate of drug-likeness (QED) is 0.430. The standard InChI is InChI=1S/C2H2N2S2.K.H/c5-2-3-1-4-6-2;;/h1H,(H,3,4,5);;. The SMILES string of the molecule is Sc1ncns1.[KH]. The Morgan fingerprint density at radius 2 is 2.43 bits per heavy atom. The minimum absolute atomic E-state index is 0. The molecule has 0 fully saturated rings. The summed E-state index contributed by atoms with van der Waals surface area (Å²) in [5, 5.41) is 0. The van der Waals surface area contributed by atoms with Gasteiger partial charge in [-0.05, 0) is 11.5 Å². The minimum atomic E-state index is 0. The van der Waals surface area contributed by atoms with Gasteiger partial charge in [-0.2, -0.15) is 4.37 Å². The molecule has 0 saturated carbocycles. The van der Waals surface area contributed by atoms with E-state index < -0.39 is 0 Å². The molecule has 0 aliphatic heterocycles. The molecule has 0 amide bonds. The summed E-state index contributed by atoms with van der Waals surface area (Å²) in [4.78, 5) is 3.69. The van der Waals surface area contributed by atoms with Crippen molar-refractivity contribution in [3.63, 3.8) is 0 Å². The van der Waals surface area contributed by atoms with Crippen LogP contribution < -0.4 is 0 Å². The molecule has 0 unspecified atom stereocenters. The first-order valence-corrected chi connectivity index (χ1v) is 2.57. The van der Waals surface area contributed by atoms with Gasteiger partial charge in [0.1, 0.15) is 6.33 Å². The van der Waals surface area contributed by atoms with Gasteiger partial charge >= 0.3 is 51.4 Å². The monoisotopic (exact) mass is 158 g/mol. The van der Waals surface area contributed by atoms with Crippen LogP contribution in [0.3, 0.4) is 0 Å². The van der Waals surface area contributed by atoms with Crippen molar-refractivity contribution in [2.24, 2.45) is 0 Å². The van der Waals surface area contributed by atoms with Gasteiger partial charge in [-0.1, -0.05) is 0 Å². The van der Waals surface area contributed by atoms with Crippen LogP contribution in [0.2, 0.25) is 0 Å². The van der Waals surface area contributed by atoms with E-state index in [2.05, 4.69) is 22.0 Å². The van der Waals surface area contributed by atoms with Crippen LogP contribution in [0.4, 0.5) is 0 Å². The fraction of sp³-hybridized carbons (Fsp3) is 0. The van der Waals surface area contributed by atoms with Gasteiger partial charge in [-0.15, -0.1) is 12.6 Å². The van der Waals surface area contributed by atoms with Gasteiger partial charge in [0.05, 0.1) is 0 Å². The Kier molecular flexibility index (Phi) is 5.41. The molecule has 7 heavy (non-hydrogen) atoms. The van der Waals surface area contributed by atoms with Gasteiger partial charge in [0.2, 0.25) is 0 Å². The van der Waals surface area contributed by atoms with Crippen LogP contribution in [-0.2, 0) is 0 Å². The summed E-state index contributed by atoms with van der Waals surface area (Å²) in [5.74, 6) is 0. The Morgan fingerprint density at radius 3 is 2.57 bits per heavy atom. The van der Waals surface area contributed by atoms with Gasteiger partial charge in [0.25, 0.3) is 0 Å². The van der Waals surface area contributed by atoms with E-state index >= 15 is 0 Å². The molecule has 1 aromatic rings.